The van der Waals surface area contributed by atoms with Gasteiger partial charge in [-0.25, -0.2) is 4.99 Å². The number of carbonyl (C=O) groups is 1. The van der Waals surface area contributed by atoms with Crippen molar-refractivity contribution < 1.29 is 9.53 Å². The Morgan fingerprint density at radius 1 is 1.34 bits per heavy atom. The summed E-state index contributed by atoms with van der Waals surface area (Å²) in [5.74, 6) is 1.38. The molecule has 1 atom stereocenters. The molecule has 0 aliphatic heterocycles. The number of rotatable bonds is 10. The molecule has 2 aromatic rings. The van der Waals surface area contributed by atoms with Gasteiger partial charge in [-0.2, -0.15) is 5.10 Å². The van der Waals surface area contributed by atoms with Crippen molar-refractivity contribution in [2.75, 3.05) is 13.2 Å². The van der Waals surface area contributed by atoms with Crippen LogP contribution < -0.4 is 20.7 Å². The number of ether oxygens (including phenoxy) is 1. The van der Waals surface area contributed by atoms with Crippen molar-refractivity contribution in [2.24, 2.45) is 12.0 Å². The lowest BCUT2D eigenvalue weighted by Crippen LogP contribution is -2.43. The van der Waals surface area contributed by atoms with Crippen molar-refractivity contribution in [2.45, 2.75) is 65.6 Å². The molecule has 0 saturated heterocycles. The highest BCUT2D eigenvalue weighted by molar-refractivity contribution is 5.80. The van der Waals surface area contributed by atoms with Crippen LogP contribution in [-0.4, -0.2) is 46.9 Å². The number of aromatic nitrogens is 2. The van der Waals surface area contributed by atoms with Crippen molar-refractivity contribution in [1.29, 1.82) is 0 Å². The van der Waals surface area contributed by atoms with E-state index in [9.17, 15) is 4.79 Å². The minimum absolute atomic E-state index is 0.0398. The number of hydrogen-bond acceptors (Lipinski definition) is 4. The number of carbonyl (C=O) groups excluding carboxylic acids is 1. The van der Waals surface area contributed by atoms with E-state index in [4.69, 9.17) is 9.73 Å². The van der Waals surface area contributed by atoms with Gasteiger partial charge in [-0.3, -0.25) is 9.48 Å². The SMILES string of the molecule is CCNC(=NCc1cccc(OCC(=O)NC2CC2)c1)NC(C)Cc1c(C)nn(C)c1C. The molecule has 1 unspecified atom stereocenters. The minimum Gasteiger partial charge on any atom is -0.484 e. The highest BCUT2D eigenvalue weighted by Crippen LogP contribution is 2.19. The molecule has 8 nitrogen and oxygen atoms in total. The van der Waals surface area contributed by atoms with Crippen molar-refractivity contribution in [3.63, 3.8) is 0 Å². The summed E-state index contributed by atoms with van der Waals surface area (Å²) in [5.41, 5.74) is 4.57. The Hall–Kier alpha value is -3.03. The standard InChI is InChI=1S/C24H36N6O2/c1-6-25-24(27-16(2)12-22-17(3)29-30(5)18(22)4)26-14-19-8-7-9-21(13-19)32-15-23(31)28-20-10-11-20/h7-9,13,16,20H,6,10-12,14-15H2,1-5H3,(H,28,31)(H2,25,26,27). The van der Waals surface area contributed by atoms with Crippen LogP contribution in [0.2, 0.25) is 0 Å². The Morgan fingerprint density at radius 2 is 2.12 bits per heavy atom. The van der Waals surface area contributed by atoms with Crippen LogP contribution in [0.15, 0.2) is 29.3 Å². The molecule has 1 amide bonds. The first-order valence-corrected chi connectivity index (χ1v) is 11.4. The molecule has 1 saturated carbocycles. The molecule has 1 aliphatic carbocycles. The van der Waals surface area contributed by atoms with Gasteiger partial charge in [0.15, 0.2) is 12.6 Å². The summed E-state index contributed by atoms with van der Waals surface area (Å²) in [6.45, 7) is 9.70. The van der Waals surface area contributed by atoms with Gasteiger partial charge in [-0.15, -0.1) is 0 Å². The first-order chi connectivity index (χ1) is 15.4. The van der Waals surface area contributed by atoms with Crippen molar-refractivity contribution in [3.05, 3.63) is 46.8 Å². The van der Waals surface area contributed by atoms with Crippen LogP contribution >= 0.6 is 0 Å². The summed E-state index contributed by atoms with van der Waals surface area (Å²) in [5, 5.41) is 14.3. The van der Waals surface area contributed by atoms with Crippen molar-refractivity contribution >= 4 is 11.9 Å². The summed E-state index contributed by atoms with van der Waals surface area (Å²) in [6, 6.07) is 8.28. The molecule has 32 heavy (non-hydrogen) atoms. The maximum atomic E-state index is 11.8. The molecule has 0 spiro atoms. The smallest absolute Gasteiger partial charge is 0.258 e. The van der Waals surface area contributed by atoms with E-state index in [0.29, 0.717) is 18.3 Å². The largest absolute Gasteiger partial charge is 0.484 e. The average molecular weight is 441 g/mol. The molecule has 1 aromatic heterocycles. The fraction of sp³-hybridized carbons (Fsp3) is 0.542. The van der Waals surface area contributed by atoms with Gasteiger partial charge in [-0.05, 0) is 70.2 Å². The molecule has 0 bridgehead atoms. The van der Waals surface area contributed by atoms with Crippen LogP contribution in [0.1, 0.15) is 49.2 Å². The summed E-state index contributed by atoms with van der Waals surface area (Å²) in [6.07, 6.45) is 3.02. The van der Waals surface area contributed by atoms with E-state index >= 15 is 0 Å². The summed E-state index contributed by atoms with van der Waals surface area (Å²) in [7, 11) is 1.98. The Kier molecular flexibility index (Phi) is 8.14. The Balaban J connectivity index is 1.56. The second kappa shape index (κ2) is 11.0. The highest BCUT2D eigenvalue weighted by Gasteiger charge is 2.23. The van der Waals surface area contributed by atoms with E-state index in [1.54, 1.807) is 0 Å². The van der Waals surface area contributed by atoms with E-state index < -0.39 is 0 Å². The molecule has 3 N–H and O–H groups in total. The highest BCUT2D eigenvalue weighted by atomic mass is 16.5. The van der Waals surface area contributed by atoms with Crippen molar-refractivity contribution in [1.82, 2.24) is 25.7 Å². The molecule has 0 radical (unpaired) electrons. The van der Waals surface area contributed by atoms with E-state index in [-0.39, 0.29) is 18.6 Å². The van der Waals surface area contributed by atoms with Gasteiger partial charge in [0, 0.05) is 31.4 Å². The van der Waals surface area contributed by atoms with Gasteiger partial charge in [0.2, 0.25) is 0 Å². The van der Waals surface area contributed by atoms with Gasteiger partial charge < -0.3 is 20.7 Å². The minimum atomic E-state index is -0.0670. The number of aliphatic imine (C=N–C) groups is 1. The lowest BCUT2D eigenvalue weighted by molar-refractivity contribution is -0.123. The monoisotopic (exact) mass is 440 g/mol. The third-order valence-corrected chi connectivity index (χ3v) is 5.53. The number of nitrogens with zero attached hydrogens (tertiary/aromatic N) is 3. The fourth-order valence-corrected chi connectivity index (χ4v) is 3.57. The topological polar surface area (TPSA) is 92.6 Å². The normalized spacial score (nSPS) is 14.7. The molecule has 3 rings (SSSR count). The number of aryl methyl sites for hydroxylation is 2. The molecule has 1 heterocycles. The zero-order valence-corrected chi connectivity index (χ0v) is 19.9. The predicted molar refractivity (Wildman–Crippen MR) is 127 cm³/mol. The Morgan fingerprint density at radius 3 is 2.78 bits per heavy atom. The van der Waals surface area contributed by atoms with Crippen LogP contribution in [0.4, 0.5) is 0 Å². The zero-order chi connectivity index (χ0) is 23.1. The molecular formula is C24H36N6O2. The van der Waals surface area contributed by atoms with Gasteiger partial charge in [-0.1, -0.05) is 12.1 Å². The van der Waals surface area contributed by atoms with Crippen LogP contribution in [0, 0.1) is 13.8 Å². The van der Waals surface area contributed by atoms with E-state index in [2.05, 4.69) is 48.7 Å². The molecule has 8 heteroatoms. The van der Waals surface area contributed by atoms with E-state index in [1.165, 1.54) is 11.3 Å². The fourth-order valence-electron chi connectivity index (χ4n) is 3.57. The first kappa shape index (κ1) is 23.6. The van der Waals surface area contributed by atoms with Crippen LogP contribution in [0.3, 0.4) is 0 Å². The van der Waals surface area contributed by atoms with Gasteiger partial charge in [0.1, 0.15) is 5.75 Å². The molecule has 1 fully saturated rings. The average Bonchev–Trinajstić information content (AvgIpc) is 3.54. The number of guanidine groups is 1. The maximum Gasteiger partial charge on any atom is 0.258 e. The van der Waals surface area contributed by atoms with E-state index in [1.807, 2.05) is 36.0 Å². The van der Waals surface area contributed by atoms with Gasteiger partial charge in [0.05, 0.1) is 12.2 Å². The number of nitrogens with one attached hydrogen (secondary N) is 3. The number of benzene rings is 1. The van der Waals surface area contributed by atoms with Gasteiger partial charge in [0.25, 0.3) is 5.91 Å². The maximum absolute atomic E-state index is 11.8. The quantitative estimate of drug-likeness (QED) is 0.390. The second-order valence-electron chi connectivity index (χ2n) is 8.50. The lowest BCUT2D eigenvalue weighted by atomic mass is 10.1. The van der Waals surface area contributed by atoms with Crippen LogP contribution in [-0.2, 0) is 24.8 Å². The van der Waals surface area contributed by atoms with Crippen molar-refractivity contribution in [3.8, 4) is 5.75 Å². The van der Waals surface area contributed by atoms with Crippen LogP contribution in [0.25, 0.3) is 0 Å². The summed E-state index contributed by atoms with van der Waals surface area (Å²) < 4.78 is 7.58. The summed E-state index contributed by atoms with van der Waals surface area (Å²) >= 11 is 0. The zero-order valence-electron chi connectivity index (χ0n) is 19.9. The second-order valence-corrected chi connectivity index (χ2v) is 8.50. The number of amides is 1. The third-order valence-electron chi connectivity index (χ3n) is 5.53. The molecular weight excluding hydrogens is 404 g/mol. The lowest BCUT2D eigenvalue weighted by Gasteiger charge is -2.18. The Labute approximate surface area is 190 Å². The van der Waals surface area contributed by atoms with E-state index in [0.717, 1.165) is 43.0 Å². The third kappa shape index (κ3) is 7.00. The molecule has 1 aromatic carbocycles. The van der Waals surface area contributed by atoms with Crippen LogP contribution in [0.5, 0.6) is 5.75 Å². The predicted octanol–water partition coefficient (Wildman–Crippen LogP) is 2.38. The first-order valence-electron chi connectivity index (χ1n) is 11.4. The summed E-state index contributed by atoms with van der Waals surface area (Å²) in [4.78, 5) is 16.6. The number of hydrogen-bond donors (Lipinski definition) is 3. The molecule has 174 valence electrons. The Bertz CT molecular complexity index is 948. The van der Waals surface area contributed by atoms with Gasteiger partial charge >= 0.3 is 0 Å². The molecule has 1 aliphatic rings.